The van der Waals surface area contributed by atoms with E-state index in [-0.39, 0.29) is 11.8 Å². The molecule has 1 aromatic heterocycles. The van der Waals surface area contributed by atoms with Crippen molar-refractivity contribution >= 4 is 11.8 Å². The number of rotatable bonds is 10. The van der Waals surface area contributed by atoms with E-state index < -0.39 is 17.8 Å². The highest BCUT2D eigenvalue weighted by atomic mass is 19.1. The van der Waals surface area contributed by atoms with Crippen molar-refractivity contribution in [1.29, 1.82) is 0 Å². The number of carbonyl (C=O) groups excluding carboxylic acids is 2. The fourth-order valence-corrected chi connectivity index (χ4v) is 3.15. The van der Waals surface area contributed by atoms with E-state index in [1.54, 1.807) is 6.26 Å². The Morgan fingerprint density at radius 2 is 1.75 bits per heavy atom. The Hall–Kier alpha value is -3.45. The van der Waals surface area contributed by atoms with E-state index in [4.69, 9.17) is 9.15 Å². The lowest BCUT2D eigenvalue weighted by molar-refractivity contribution is -0.124. The number of hydrogen-bond acceptors (Lipinski definition) is 4. The first-order valence-electron chi connectivity index (χ1n) is 10.4. The number of nitrogens with one attached hydrogen (secondary N) is 2. The van der Waals surface area contributed by atoms with Gasteiger partial charge >= 0.3 is 0 Å². The van der Waals surface area contributed by atoms with E-state index in [0.717, 1.165) is 16.9 Å². The summed E-state index contributed by atoms with van der Waals surface area (Å²) in [6.07, 6.45) is 1.61. The van der Waals surface area contributed by atoms with Crippen LogP contribution in [-0.2, 0) is 29.3 Å². The van der Waals surface area contributed by atoms with Crippen molar-refractivity contribution in [1.82, 2.24) is 10.6 Å². The fraction of sp³-hybridized carbons (Fsp3) is 0.280. The van der Waals surface area contributed by atoms with Crippen LogP contribution in [0.3, 0.4) is 0 Å². The minimum atomic E-state index is -0.715. The first kappa shape index (κ1) is 23.2. The number of benzene rings is 2. The quantitative estimate of drug-likeness (QED) is 0.497. The molecule has 32 heavy (non-hydrogen) atoms. The van der Waals surface area contributed by atoms with Gasteiger partial charge in [0, 0.05) is 12.1 Å². The molecule has 2 aromatic carbocycles. The van der Waals surface area contributed by atoms with Gasteiger partial charge in [0.05, 0.1) is 12.9 Å². The molecule has 2 amide bonds. The summed E-state index contributed by atoms with van der Waals surface area (Å²) in [5, 5.41) is 5.62. The number of carbonyl (C=O) groups is 2. The standard InChI is InChI=1S/C25H27FN2O4/c1-17(2)23(28-24(29)20-8-10-21(26)11-9-20)25(30)27-14-18-5-3-6-19(13-18)15-31-16-22-7-4-12-32-22/h3-13,17,23H,14-16H2,1-2H3,(H,27,30)(H,28,29). The highest BCUT2D eigenvalue weighted by Crippen LogP contribution is 2.11. The molecule has 0 bridgehead atoms. The number of furan rings is 1. The van der Waals surface area contributed by atoms with E-state index in [1.165, 1.54) is 24.3 Å². The molecular weight excluding hydrogens is 411 g/mol. The van der Waals surface area contributed by atoms with Gasteiger partial charge in [0.1, 0.15) is 24.2 Å². The third kappa shape index (κ3) is 6.78. The van der Waals surface area contributed by atoms with Crippen LogP contribution in [0, 0.1) is 11.7 Å². The van der Waals surface area contributed by atoms with Crippen LogP contribution in [0.2, 0.25) is 0 Å². The number of halogens is 1. The molecule has 1 heterocycles. The third-order valence-electron chi connectivity index (χ3n) is 4.89. The van der Waals surface area contributed by atoms with Gasteiger partial charge in [-0.3, -0.25) is 9.59 Å². The van der Waals surface area contributed by atoms with Crippen LogP contribution in [0.25, 0.3) is 0 Å². The van der Waals surface area contributed by atoms with Crippen molar-refractivity contribution in [2.24, 2.45) is 5.92 Å². The van der Waals surface area contributed by atoms with E-state index in [0.29, 0.717) is 25.3 Å². The van der Waals surface area contributed by atoms with Crippen molar-refractivity contribution < 1.29 is 23.1 Å². The maximum Gasteiger partial charge on any atom is 0.251 e. The average molecular weight is 438 g/mol. The first-order valence-corrected chi connectivity index (χ1v) is 10.4. The molecule has 0 spiro atoms. The molecule has 7 heteroatoms. The average Bonchev–Trinajstić information content (AvgIpc) is 3.30. The van der Waals surface area contributed by atoms with Crippen molar-refractivity contribution in [3.05, 3.63) is 95.2 Å². The van der Waals surface area contributed by atoms with Gasteiger partial charge in [-0.15, -0.1) is 0 Å². The van der Waals surface area contributed by atoms with Crippen LogP contribution in [0.4, 0.5) is 4.39 Å². The summed E-state index contributed by atoms with van der Waals surface area (Å²) in [5.41, 5.74) is 2.20. The molecule has 0 aliphatic carbocycles. The molecule has 0 saturated heterocycles. The van der Waals surface area contributed by atoms with Gasteiger partial charge in [-0.05, 0) is 53.4 Å². The van der Waals surface area contributed by atoms with Gasteiger partial charge < -0.3 is 19.8 Å². The number of hydrogen-bond donors (Lipinski definition) is 2. The van der Waals surface area contributed by atoms with Crippen molar-refractivity contribution in [3.63, 3.8) is 0 Å². The maximum absolute atomic E-state index is 13.1. The second-order valence-corrected chi connectivity index (χ2v) is 7.81. The molecule has 3 aromatic rings. The van der Waals surface area contributed by atoms with Gasteiger partial charge in [0.25, 0.3) is 5.91 Å². The summed E-state index contributed by atoms with van der Waals surface area (Å²) < 4.78 is 24.0. The fourth-order valence-electron chi connectivity index (χ4n) is 3.15. The van der Waals surface area contributed by atoms with Crippen LogP contribution >= 0.6 is 0 Å². The summed E-state index contributed by atoms with van der Waals surface area (Å²) in [5.74, 6) is -0.491. The predicted octanol–water partition coefficient (Wildman–Crippen LogP) is 4.21. The highest BCUT2D eigenvalue weighted by molar-refractivity contribution is 5.97. The summed E-state index contributed by atoms with van der Waals surface area (Å²) >= 11 is 0. The Morgan fingerprint density at radius 3 is 2.44 bits per heavy atom. The number of ether oxygens (including phenoxy) is 1. The first-order chi connectivity index (χ1) is 15.4. The minimum Gasteiger partial charge on any atom is -0.467 e. The molecule has 0 radical (unpaired) electrons. The van der Waals surface area contributed by atoms with Crippen LogP contribution < -0.4 is 10.6 Å². The smallest absolute Gasteiger partial charge is 0.251 e. The van der Waals surface area contributed by atoms with E-state index in [9.17, 15) is 14.0 Å². The van der Waals surface area contributed by atoms with Crippen molar-refractivity contribution in [2.75, 3.05) is 0 Å². The molecule has 0 aliphatic rings. The molecule has 1 atom stereocenters. The van der Waals surface area contributed by atoms with Crippen LogP contribution in [0.1, 0.15) is 41.1 Å². The second-order valence-electron chi connectivity index (χ2n) is 7.81. The zero-order valence-corrected chi connectivity index (χ0v) is 18.1. The molecule has 0 saturated carbocycles. The molecule has 6 nitrogen and oxygen atoms in total. The SMILES string of the molecule is CC(C)C(NC(=O)c1ccc(F)cc1)C(=O)NCc1cccc(COCc2ccco2)c1. The van der Waals surface area contributed by atoms with Crippen molar-refractivity contribution in [3.8, 4) is 0 Å². The van der Waals surface area contributed by atoms with Gasteiger partial charge in [0.15, 0.2) is 0 Å². The Labute approximate surface area is 186 Å². The van der Waals surface area contributed by atoms with Gasteiger partial charge in [-0.25, -0.2) is 4.39 Å². The van der Waals surface area contributed by atoms with Gasteiger partial charge in [-0.2, -0.15) is 0 Å². The summed E-state index contributed by atoms with van der Waals surface area (Å²) in [6.45, 7) is 4.83. The largest absolute Gasteiger partial charge is 0.467 e. The monoisotopic (exact) mass is 438 g/mol. The van der Waals surface area contributed by atoms with Crippen LogP contribution in [-0.4, -0.2) is 17.9 Å². The predicted molar refractivity (Wildman–Crippen MR) is 118 cm³/mol. The zero-order valence-electron chi connectivity index (χ0n) is 18.1. The molecule has 0 fully saturated rings. The van der Waals surface area contributed by atoms with E-state index in [1.807, 2.05) is 50.2 Å². The highest BCUT2D eigenvalue weighted by Gasteiger charge is 2.24. The van der Waals surface area contributed by atoms with Crippen LogP contribution in [0.15, 0.2) is 71.3 Å². The lowest BCUT2D eigenvalue weighted by Crippen LogP contribution is -2.49. The van der Waals surface area contributed by atoms with Crippen molar-refractivity contribution in [2.45, 2.75) is 39.6 Å². The van der Waals surface area contributed by atoms with E-state index >= 15 is 0 Å². The lowest BCUT2D eigenvalue weighted by atomic mass is 10.0. The maximum atomic E-state index is 13.1. The third-order valence-corrected chi connectivity index (χ3v) is 4.89. The van der Waals surface area contributed by atoms with E-state index in [2.05, 4.69) is 10.6 Å². The topological polar surface area (TPSA) is 80.6 Å². The van der Waals surface area contributed by atoms with Gasteiger partial charge in [-0.1, -0.05) is 38.1 Å². The molecule has 3 rings (SSSR count). The molecule has 168 valence electrons. The molecular formula is C25H27FN2O4. The Kier molecular flexibility index (Phi) is 8.16. The Morgan fingerprint density at radius 1 is 1.00 bits per heavy atom. The minimum absolute atomic E-state index is 0.124. The number of amides is 2. The molecule has 0 aliphatic heterocycles. The normalized spacial score (nSPS) is 11.9. The summed E-state index contributed by atoms with van der Waals surface area (Å²) in [6, 6.07) is 15.9. The Bertz CT molecular complexity index is 1020. The zero-order chi connectivity index (χ0) is 22.9. The lowest BCUT2D eigenvalue weighted by Gasteiger charge is -2.22. The summed E-state index contributed by atoms with van der Waals surface area (Å²) in [7, 11) is 0. The van der Waals surface area contributed by atoms with Crippen LogP contribution in [0.5, 0.6) is 0 Å². The van der Waals surface area contributed by atoms with Gasteiger partial charge in [0.2, 0.25) is 5.91 Å². The Balaban J connectivity index is 1.53. The second kappa shape index (κ2) is 11.2. The molecule has 2 N–H and O–H groups in total. The molecule has 1 unspecified atom stereocenters. The summed E-state index contributed by atoms with van der Waals surface area (Å²) in [4.78, 5) is 25.2.